The van der Waals surface area contributed by atoms with Gasteiger partial charge in [0.2, 0.25) is 0 Å². The molecular formula is C7H10O4. The van der Waals surface area contributed by atoms with E-state index in [-0.39, 0.29) is 0 Å². The predicted molar refractivity (Wildman–Crippen MR) is 38.8 cm³/mol. The third-order valence-electron chi connectivity index (χ3n) is 0.875. The van der Waals surface area contributed by atoms with Crippen LogP contribution in [0.4, 0.5) is 4.79 Å². The third kappa shape index (κ3) is 6.44. The van der Waals surface area contributed by atoms with Gasteiger partial charge < -0.3 is 14.6 Å². The van der Waals surface area contributed by atoms with E-state index in [1.165, 1.54) is 0 Å². The van der Waals surface area contributed by atoms with E-state index in [0.717, 1.165) is 11.5 Å². The Morgan fingerprint density at radius 3 is 1.64 bits per heavy atom. The van der Waals surface area contributed by atoms with Crippen LogP contribution in [0.25, 0.3) is 0 Å². The van der Waals surface area contributed by atoms with Crippen molar-refractivity contribution in [2.45, 2.75) is 13.8 Å². The van der Waals surface area contributed by atoms with Crippen molar-refractivity contribution in [1.82, 2.24) is 0 Å². The molecule has 11 heavy (non-hydrogen) atoms. The van der Waals surface area contributed by atoms with Crippen LogP contribution < -0.4 is 0 Å². The van der Waals surface area contributed by atoms with Crippen LogP contribution in [-0.4, -0.2) is 16.4 Å². The van der Waals surface area contributed by atoms with Crippen LogP contribution in [0, 0.1) is 13.8 Å². The van der Waals surface area contributed by atoms with Gasteiger partial charge in [-0.25, -0.2) is 4.79 Å². The Morgan fingerprint density at radius 1 is 1.27 bits per heavy atom. The molecule has 0 aliphatic rings. The summed E-state index contributed by atoms with van der Waals surface area (Å²) in [4.78, 5) is 8.56. The lowest BCUT2D eigenvalue weighted by Gasteiger charge is -1.76. The third-order valence-corrected chi connectivity index (χ3v) is 0.875. The van der Waals surface area contributed by atoms with Crippen molar-refractivity contribution >= 4 is 6.16 Å². The predicted octanol–water partition coefficient (Wildman–Crippen LogP) is 2.12. The highest BCUT2D eigenvalue weighted by atomic mass is 16.6. The van der Waals surface area contributed by atoms with Crippen LogP contribution in [0.2, 0.25) is 0 Å². The average Bonchev–Trinajstić information content (AvgIpc) is 2.13. The fraction of sp³-hybridized carbons (Fsp3) is 0.286. The standard InChI is InChI=1S/C6H8O.CH2O3/c1-5-3-4-6(2)7-5;2-1(3)4/h3-4H,1-2H3;(H2,2,3,4). The zero-order chi connectivity index (χ0) is 8.85. The number of carboxylic acid groups (broad SMARTS) is 2. The second kappa shape index (κ2) is 4.38. The Morgan fingerprint density at radius 2 is 1.55 bits per heavy atom. The molecule has 0 bridgehead atoms. The molecule has 62 valence electrons. The largest absolute Gasteiger partial charge is 0.503 e. The van der Waals surface area contributed by atoms with Gasteiger partial charge in [0.05, 0.1) is 0 Å². The van der Waals surface area contributed by atoms with Gasteiger partial charge in [-0.05, 0) is 26.0 Å². The van der Waals surface area contributed by atoms with E-state index in [9.17, 15) is 0 Å². The van der Waals surface area contributed by atoms with Crippen molar-refractivity contribution in [3.63, 3.8) is 0 Å². The molecule has 0 radical (unpaired) electrons. The van der Waals surface area contributed by atoms with Gasteiger partial charge in [-0.2, -0.15) is 0 Å². The monoisotopic (exact) mass is 158 g/mol. The lowest BCUT2D eigenvalue weighted by atomic mass is 10.5. The van der Waals surface area contributed by atoms with Gasteiger partial charge in [-0.1, -0.05) is 0 Å². The molecule has 1 aromatic rings. The molecule has 0 fully saturated rings. The van der Waals surface area contributed by atoms with Crippen molar-refractivity contribution in [1.29, 1.82) is 0 Å². The molecule has 4 heteroatoms. The lowest BCUT2D eigenvalue weighted by molar-refractivity contribution is 0.137. The summed E-state index contributed by atoms with van der Waals surface area (Å²) in [5.74, 6) is 1.97. The summed E-state index contributed by atoms with van der Waals surface area (Å²) < 4.78 is 5.08. The minimum Gasteiger partial charge on any atom is -0.467 e. The molecule has 0 aliphatic carbocycles. The fourth-order valence-electron chi connectivity index (χ4n) is 0.557. The second-order valence-electron chi connectivity index (χ2n) is 1.94. The van der Waals surface area contributed by atoms with Crippen molar-refractivity contribution < 1.29 is 19.4 Å². The van der Waals surface area contributed by atoms with E-state index < -0.39 is 6.16 Å². The molecule has 0 atom stereocenters. The first-order valence-electron chi connectivity index (χ1n) is 2.97. The average molecular weight is 158 g/mol. The fourth-order valence-corrected chi connectivity index (χ4v) is 0.557. The minimum atomic E-state index is -1.83. The summed E-state index contributed by atoms with van der Waals surface area (Å²) in [6.45, 7) is 3.88. The number of hydrogen-bond donors (Lipinski definition) is 2. The highest BCUT2D eigenvalue weighted by Gasteiger charge is 1.85. The highest BCUT2D eigenvalue weighted by Crippen LogP contribution is 2.02. The summed E-state index contributed by atoms with van der Waals surface area (Å²) in [5.41, 5.74) is 0. The molecule has 1 rings (SSSR count). The van der Waals surface area contributed by atoms with E-state index in [1.54, 1.807) is 0 Å². The van der Waals surface area contributed by atoms with E-state index in [2.05, 4.69) is 0 Å². The van der Waals surface area contributed by atoms with Crippen LogP contribution in [0.3, 0.4) is 0 Å². The summed E-state index contributed by atoms with van der Waals surface area (Å²) in [6, 6.07) is 3.91. The van der Waals surface area contributed by atoms with Crippen LogP contribution in [0.1, 0.15) is 11.5 Å². The van der Waals surface area contributed by atoms with Crippen LogP contribution >= 0.6 is 0 Å². The van der Waals surface area contributed by atoms with E-state index >= 15 is 0 Å². The van der Waals surface area contributed by atoms with Crippen LogP contribution in [0.15, 0.2) is 16.5 Å². The van der Waals surface area contributed by atoms with E-state index in [4.69, 9.17) is 19.4 Å². The first-order valence-corrected chi connectivity index (χ1v) is 2.97. The Balaban J connectivity index is 0.000000218. The number of carbonyl (C=O) groups is 1. The molecule has 0 saturated heterocycles. The van der Waals surface area contributed by atoms with Gasteiger partial charge in [0.25, 0.3) is 0 Å². The van der Waals surface area contributed by atoms with E-state index in [0.29, 0.717) is 0 Å². The molecule has 2 N–H and O–H groups in total. The summed E-state index contributed by atoms with van der Waals surface area (Å²) in [5, 5.41) is 13.9. The number of aryl methyl sites for hydroxylation is 2. The van der Waals surface area contributed by atoms with Crippen molar-refractivity contribution in [3.05, 3.63) is 23.7 Å². The minimum absolute atomic E-state index is 0.984. The number of rotatable bonds is 0. The maximum atomic E-state index is 8.56. The zero-order valence-corrected chi connectivity index (χ0v) is 6.37. The maximum Gasteiger partial charge on any atom is 0.503 e. The molecule has 0 unspecified atom stereocenters. The van der Waals surface area contributed by atoms with E-state index in [1.807, 2.05) is 26.0 Å². The van der Waals surface area contributed by atoms with Gasteiger partial charge in [-0.3, -0.25) is 0 Å². The Kier molecular flexibility index (Phi) is 3.80. The highest BCUT2D eigenvalue weighted by molar-refractivity contribution is 5.53. The normalized spacial score (nSPS) is 8.18. The molecule has 4 nitrogen and oxygen atoms in total. The molecule has 0 aromatic carbocycles. The van der Waals surface area contributed by atoms with Gasteiger partial charge in [-0.15, -0.1) is 0 Å². The van der Waals surface area contributed by atoms with Crippen LogP contribution in [0.5, 0.6) is 0 Å². The van der Waals surface area contributed by atoms with Crippen molar-refractivity contribution in [3.8, 4) is 0 Å². The first-order chi connectivity index (χ1) is 5.02. The second-order valence-corrected chi connectivity index (χ2v) is 1.94. The number of hydrogen-bond acceptors (Lipinski definition) is 2. The molecule has 1 aromatic heterocycles. The lowest BCUT2D eigenvalue weighted by Crippen LogP contribution is -1.81. The number of furan rings is 1. The Bertz CT molecular complexity index is 206. The van der Waals surface area contributed by atoms with Gasteiger partial charge in [0, 0.05) is 0 Å². The molecule has 0 spiro atoms. The smallest absolute Gasteiger partial charge is 0.467 e. The summed E-state index contributed by atoms with van der Waals surface area (Å²) >= 11 is 0. The molecule has 0 aliphatic heterocycles. The zero-order valence-electron chi connectivity index (χ0n) is 6.37. The molecule has 0 saturated carbocycles. The van der Waals surface area contributed by atoms with Gasteiger partial charge in [0.1, 0.15) is 11.5 Å². The summed E-state index contributed by atoms with van der Waals surface area (Å²) in [7, 11) is 0. The van der Waals surface area contributed by atoms with Crippen LogP contribution in [-0.2, 0) is 0 Å². The van der Waals surface area contributed by atoms with Crippen molar-refractivity contribution in [2.75, 3.05) is 0 Å². The maximum absolute atomic E-state index is 8.56. The van der Waals surface area contributed by atoms with Gasteiger partial charge in [0.15, 0.2) is 0 Å². The topological polar surface area (TPSA) is 70.7 Å². The van der Waals surface area contributed by atoms with Crippen molar-refractivity contribution in [2.24, 2.45) is 0 Å². The first kappa shape index (κ1) is 9.55. The molecule has 0 amide bonds. The van der Waals surface area contributed by atoms with Gasteiger partial charge >= 0.3 is 6.16 Å². The molecular weight excluding hydrogens is 148 g/mol. The Hall–Kier alpha value is -1.45. The SMILES string of the molecule is Cc1ccc(C)o1.O=C(O)O. The Labute approximate surface area is 64.1 Å². The molecule has 1 heterocycles. The quantitative estimate of drug-likeness (QED) is 0.606. The summed E-state index contributed by atoms with van der Waals surface area (Å²) in [6.07, 6.45) is -1.83.